The monoisotopic (exact) mass is 461 g/mol. The zero-order chi connectivity index (χ0) is 22.7. The molecule has 0 atom stereocenters. The first-order valence-corrected chi connectivity index (χ1v) is 9.94. The number of aromatic nitrogens is 7. The lowest BCUT2D eigenvalue weighted by Gasteiger charge is -2.08. The first kappa shape index (κ1) is 21.5. The third-order valence-corrected chi connectivity index (χ3v) is 5.02. The third-order valence-electron chi connectivity index (χ3n) is 4.07. The summed E-state index contributed by atoms with van der Waals surface area (Å²) in [6.45, 7) is 0.490. The molecule has 4 rings (SSSR count). The van der Waals surface area contributed by atoms with Crippen LogP contribution in [0.2, 0.25) is 0 Å². The van der Waals surface area contributed by atoms with Crippen LogP contribution in [-0.4, -0.2) is 47.7 Å². The van der Waals surface area contributed by atoms with Crippen LogP contribution in [0.25, 0.3) is 21.8 Å². The summed E-state index contributed by atoms with van der Waals surface area (Å²) in [6, 6.07) is 6.14. The van der Waals surface area contributed by atoms with Crippen molar-refractivity contribution in [3.05, 3.63) is 63.9 Å². The molecule has 13 heteroatoms. The molecule has 9 nitrogen and oxygen atoms in total. The number of halogens is 3. The topological polar surface area (TPSA) is 109 Å². The highest BCUT2D eigenvalue weighted by Crippen LogP contribution is 2.23. The van der Waals surface area contributed by atoms with E-state index in [-0.39, 0.29) is 12.1 Å². The summed E-state index contributed by atoms with van der Waals surface area (Å²) < 4.78 is 42.4. The maximum absolute atomic E-state index is 12.2. The summed E-state index contributed by atoms with van der Waals surface area (Å²) in [4.78, 5) is 24.0. The molecule has 4 heterocycles. The SMILES string of the molecule is Cc1ccc(-c2nnc(Cn3nc(-c4cnc(OCC(F)(F)F)nc4)ccc3=O)s2)cn1. The molecule has 0 N–H and O–H groups in total. The van der Waals surface area contributed by atoms with Gasteiger partial charge in [0.1, 0.15) is 10.0 Å². The Morgan fingerprint density at radius 2 is 1.75 bits per heavy atom. The summed E-state index contributed by atoms with van der Waals surface area (Å²) >= 11 is 1.31. The second-order valence-electron chi connectivity index (χ2n) is 6.56. The van der Waals surface area contributed by atoms with Gasteiger partial charge < -0.3 is 4.74 Å². The van der Waals surface area contributed by atoms with Gasteiger partial charge in [0.25, 0.3) is 5.56 Å². The Hall–Kier alpha value is -3.74. The number of pyridine rings is 1. The molecule has 0 bridgehead atoms. The Bertz CT molecular complexity index is 1270. The maximum Gasteiger partial charge on any atom is 0.422 e. The van der Waals surface area contributed by atoms with E-state index in [0.29, 0.717) is 21.3 Å². The minimum atomic E-state index is -4.49. The molecule has 0 amide bonds. The van der Waals surface area contributed by atoms with Gasteiger partial charge in [-0.3, -0.25) is 9.78 Å². The molecule has 0 aromatic carbocycles. The van der Waals surface area contributed by atoms with E-state index < -0.39 is 18.8 Å². The van der Waals surface area contributed by atoms with Crippen molar-refractivity contribution < 1.29 is 17.9 Å². The second kappa shape index (κ2) is 8.78. The summed E-state index contributed by atoms with van der Waals surface area (Å²) in [7, 11) is 0. The predicted molar refractivity (Wildman–Crippen MR) is 108 cm³/mol. The normalized spacial score (nSPS) is 11.5. The van der Waals surface area contributed by atoms with Crippen LogP contribution >= 0.6 is 11.3 Å². The Labute approximate surface area is 182 Å². The Kier molecular flexibility index (Phi) is 5.90. The van der Waals surface area contributed by atoms with Crippen LogP contribution in [0.4, 0.5) is 13.2 Å². The van der Waals surface area contributed by atoms with Gasteiger partial charge in [0.05, 0.1) is 12.2 Å². The fraction of sp³-hybridized carbons (Fsp3) is 0.211. The molecular formula is C19H14F3N7O2S. The van der Waals surface area contributed by atoms with Crippen molar-refractivity contribution in [2.24, 2.45) is 0 Å². The van der Waals surface area contributed by atoms with Gasteiger partial charge in [0, 0.05) is 41.5 Å². The number of aryl methyl sites for hydroxylation is 1. The zero-order valence-electron chi connectivity index (χ0n) is 16.4. The summed E-state index contributed by atoms with van der Waals surface area (Å²) in [5.74, 6) is 0. The molecule has 0 spiro atoms. The molecule has 4 aromatic rings. The van der Waals surface area contributed by atoms with Crippen LogP contribution in [0, 0.1) is 6.92 Å². The van der Waals surface area contributed by atoms with Crippen molar-refractivity contribution in [2.45, 2.75) is 19.6 Å². The van der Waals surface area contributed by atoms with Crippen LogP contribution in [0.5, 0.6) is 6.01 Å². The van der Waals surface area contributed by atoms with Crippen molar-refractivity contribution >= 4 is 11.3 Å². The fourth-order valence-electron chi connectivity index (χ4n) is 2.54. The van der Waals surface area contributed by atoms with Crippen molar-refractivity contribution in [1.29, 1.82) is 0 Å². The smallest absolute Gasteiger partial charge is 0.422 e. The van der Waals surface area contributed by atoms with E-state index in [9.17, 15) is 18.0 Å². The largest absolute Gasteiger partial charge is 0.454 e. The lowest BCUT2D eigenvalue weighted by atomic mass is 10.2. The highest BCUT2D eigenvalue weighted by atomic mass is 32.1. The molecule has 0 aliphatic carbocycles. The van der Waals surface area contributed by atoms with E-state index in [2.05, 4.69) is 35.0 Å². The Morgan fingerprint density at radius 3 is 2.44 bits per heavy atom. The first-order valence-electron chi connectivity index (χ1n) is 9.12. The zero-order valence-corrected chi connectivity index (χ0v) is 17.3. The average molecular weight is 461 g/mol. The van der Waals surface area contributed by atoms with E-state index >= 15 is 0 Å². The number of hydrogen-bond acceptors (Lipinski definition) is 9. The minimum absolute atomic E-state index is 0.0945. The quantitative estimate of drug-likeness (QED) is 0.431. The molecule has 0 saturated heterocycles. The molecule has 0 radical (unpaired) electrons. The van der Waals surface area contributed by atoms with E-state index in [1.54, 1.807) is 6.20 Å². The van der Waals surface area contributed by atoms with Gasteiger partial charge in [0.15, 0.2) is 6.61 Å². The standard InChI is InChI=1S/C19H14F3N7O2S/c1-11-2-3-12(6-23-11)17-27-26-15(32-17)9-29-16(30)5-4-14(28-29)13-7-24-18(25-8-13)31-10-19(20,21)22/h2-8H,9-10H2,1H3. The van der Waals surface area contributed by atoms with Gasteiger partial charge >= 0.3 is 12.2 Å². The first-order chi connectivity index (χ1) is 15.3. The van der Waals surface area contributed by atoms with E-state index in [0.717, 1.165) is 11.3 Å². The molecule has 4 aromatic heterocycles. The van der Waals surface area contributed by atoms with Crippen LogP contribution in [0.1, 0.15) is 10.7 Å². The van der Waals surface area contributed by atoms with Crippen molar-refractivity contribution in [3.8, 4) is 27.8 Å². The van der Waals surface area contributed by atoms with Crippen LogP contribution in [0.3, 0.4) is 0 Å². The number of alkyl halides is 3. The molecule has 0 unspecified atom stereocenters. The summed E-state index contributed by atoms with van der Waals surface area (Å²) in [5, 5.41) is 13.8. The van der Waals surface area contributed by atoms with Crippen molar-refractivity contribution in [1.82, 2.24) is 34.9 Å². The van der Waals surface area contributed by atoms with Crippen molar-refractivity contribution in [2.75, 3.05) is 6.61 Å². The lowest BCUT2D eigenvalue weighted by molar-refractivity contribution is -0.154. The number of hydrogen-bond donors (Lipinski definition) is 0. The third kappa shape index (κ3) is 5.29. The highest BCUT2D eigenvalue weighted by molar-refractivity contribution is 7.14. The molecule has 0 aliphatic rings. The van der Waals surface area contributed by atoms with E-state index in [1.807, 2.05) is 19.1 Å². The fourth-order valence-corrected chi connectivity index (χ4v) is 3.35. The second-order valence-corrected chi connectivity index (χ2v) is 7.62. The van der Waals surface area contributed by atoms with Crippen LogP contribution < -0.4 is 10.3 Å². The molecule has 32 heavy (non-hydrogen) atoms. The number of rotatable bonds is 6. The average Bonchev–Trinajstić information content (AvgIpc) is 3.23. The van der Waals surface area contributed by atoms with Gasteiger partial charge in [-0.05, 0) is 25.1 Å². The minimum Gasteiger partial charge on any atom is -0.454 e. The van der Waals surface area contributed by atoms with Crippen molar-refractivity contribution in [3.63, 3.8) is 0 Å². The van der Waals surface area contributed by atoms with E-state index in [1.165, 1.54) is 40.5 Å². The molecular weight excluding hydrogens is 447 g/mol. The van der Waals surface area contributed by atoms with Crippen LogP contribution in [-0.2, 0) is 6.54 Å². The lowest BCUT2D eigenvalue weighted by Crippen LogP contribution is -2.22. The van der Waals surface area contributed by atoms with Gasteiger partial charge in [-0.1, -0.05) is 11.3 Å². The van der Waals surface area contributed by atoms with Gasteiger partial charge in [-0.25, -0.2) is 14.6 Å². The predicted octanol–water partition coefficient (Wildman–Crippen LogP) is 2.91. The Morgan fingerprint density at radius 1 is 1.00 bits per heavy atom. The highest BCUT2D eigenvalue weighted by Gasteiger charge is 2.28. The van der Waals surface area contributed by atoms with Gasteiger partial charge in [-0.15, -0.1) is 10.2 Å². The number of nitrogens with zero attached hydrogens (tertiary/aromatic N) is 7. The maximum atomic E-state index is 12.2. The molecule has 164 valence electrons. The summed E-state index contributed by atoms with van der Waals surface area (Å²) in [5.41, 5.74) is 2.11. The molecule has 0 aliphatic heterocycles. The van der Waals surface area contributed by atoms with Gasteiger partial charge in [-0.2, -0.15) is 18.3 Å². The Balaban J connectivity index is 1.51. The summed E-state index contributed by atoms with van der Waals surface area (Å²) in [6.07, 6.45) is -0.251. The molecule has 0 saturated carbocycles. The van der Waals surface area contributed by atoms with Gasteiger partial charge in [0.2, 0.25) is 0 Å². The molecule has 0 fully saturated rings. The van der Waals surface area contributed by atoms with E-state index in [4.69, 9.17) is 0 Å². The van der Waals surface area contributed by atoms with Crippen LogP contribution in [0.15, 0.2) is 47.7 Å². The number of ether oxygens (including phenoxy) is 1.